The van der Waals surface area contributed by atoms with Crippen LogP contribution in [0.4, 0.5) is 0 Å². The van der Waals surface area contributed by atoms with E-state index in [0.29, 0.717) is 24.5 Å². The lowest BCUT2D eigenvalue weighted by Crippen LogP contribution is -2.39. The summed E-state index contributed by atoms with van der Waals surface area (Å²) in [7, 11) is 0. The Labute approximate surface area is 101 Å². The van der Waals surface area contributed by atoms with Crippen LogP contribution in [0.5, 0.6) is 0 Å². The van der Waals surface area contributed by atoms with Crippen LogP contribution in [-0.2, 0) is 0 Å². The zero-order valence-electron chi connectivity index (χ0n) is 11.2. The van der Waals surface area contributed by atoms with Crippen LogP contribution in [-0.4, -0.2) is 24.3 Å². The van der Waals surface area contributed by atoms with Crippen LogP contribution in [0, 0.1) is 17.8 Å². The molecule has 4 unspecified atom stereocenters. The average Bonchev–Trinajstić information content (AvgIpc) is 2.35. The Bertz CT molecular complexity index is 184. The summed E-state index contributed by atoms with van der Waals surface area (Å²) in [5, 5.41) is 13.0. The van der Waals surface area contributed by atoms with Crippen LogP contribution >= 0.6 is 0 Å². The molecule has 1 aliphatic rings. The van der Waals surface area contributed by atoms with Gasteiger partial charge >= 0.3 is 0 Å². The van der Waals surface area contributed by atoms with Gasteiger partial charge in [-0.2, -0.15) is 0 Å². The predicted octanol–water partition coefficient (Wildman–Crippen LogP) is 2.81. The fourth-order valence-electron chi connectivity index (χ4n) is 2.69. The van der Waals surface area contributed by atoms with Crippen LogP contribution in [0.25, 0.3) is 0 Å². The summed E-state index contributed by atoms with van der Waals surface area (Å²) in [6.45, 7) is 8.31. The molecule has 0 aromatic heterocycles. The number of nitrogens with one attached hydrogen (secondary N) is 1. The van der Waals surface area contributed by atoms with E-state index in [1.807, 2.05) is 0 Å². The minimum absolute atomic E-state index is 0.379. The summed E-state index contributed by atoms with van der Waals surface area (Å²) >= 11 is 0. The second kappa shape index (κ2) is 7.29. The third kappa shape index (κ3) is 4.06. The first-order chi connectivity index (χ1) is 7.69. The highest BCUT2D eigenvalue weighted by Gasteiger charge is 2.24. The van der Waals surface area contributed by atoms with Crippen molar-refractivity contribution in [1.82, 2.24) is 5.32 Å². The van der Waals surface area contributed by atoms with E-state index in [1.54, 1.807) is 0 Å². The highest BCUT2D eigenvalue weighted by molar-refractivity contribution is 4.78. The minimum atomic E-state index is 0.379. The molecule has 0 aliphatic heterocycles. The van der Waals surface area contributed by atoms with Gasteiger partial charge in [0.05, 0.1) is 0 Å². The van der Waals surface area contributed by atoms with Crippen molar-refractivity contribution < 1.29 is 5.11 Å². The number of aliphatic hydroxyl groups excluding tert-OH is 1. The van der Waals surface area contributed by atoms with Crippen molar-refractivity contribution in [2.45, 2.75) is 58.9 Å². The highest BCUT2D eigenvalue weighted by atomic mass is 16.3. The second-order valence-electron chi connectivity index (χ2n) is 5.57. The van der Waals surface area contributed by atoms with Crippen molar-refractivity contribution in [3.05, 3.63) is 0 Å². The predicted molar refractivity (Wildman–Crippen MR) is 69.5 cm³/mol. The van der Waals surface area contributed by atoms with Gasteiger partial charge in [0.25, 0.3) is 0 Å². The van der Waals surface area contributed by atoms with Gasteiger partial charge in [0.1, 0.15) is 0 Å². The van der Waals surface area contributed by atoms with E-state index in [2.05, 4.69) is 26.1 Å². The van der Waals surface area contributed by atoms with Gasteiger partial charge in [-0.25, -0.2) is 0 Å². The van der Waals surface area contributed by atoms with Gasteiger partial charge in [0.15, 0.2) is 0 Å². The van der Waals surface area contributed by atoms with Crippen molar-refractivity contribution in [1.29, 1.82) is 0 Å². The molecule has 0 spiro atoms. The zero-order chi connectivity index (χ0) is 12.0. The van der Waals surface area contributed by atoms with Crippen molar-refractivity contribution >= 4 is 0 Å². The third-order valence-corrected chi connectivity index (χ3v) is 4.50. The lowest BCUT2D eigenvalue weighted by Gasteiger charge is -2.32. The quantitative estimate of drug-likeness (QED) is 0.731. The molecule has 96 valence electrons. The summed E-state index contributed by atoms with van der Waals surface area (Å²) in [5.74, 6) is 1.99. The first-order valence-corrected chi connectivity index (χ1v) is 7.03. The number of hydrogen-bond donors (Lipinski definition) is 2. The van der Waals surface area contributed by atoms with E-state index < -0.39 is 0 Å². The molecule has 2 heteroatoms. The van der Waals surface area contributed by atoms with Crippen LogP contribution in [0.2, 0.25) is 0 Å². The van der Waals surface area contributed by atoms with Gasteiger partial charge in [0.2, 0.25) is 0 Å². The minimum Gasteiger partial charge on any atom is -0.396 e. The fourth-order valence-corrected chi connectivity index (χ4v) is 2.69. The van der Waals surface area contributed by atoms with Crippen LogP contribution < -0.4 is 5.32 Å². The summed E-state index contributed by atoms with van der Waals surface area (Å²) in [6, 6.07) is 0.603. The van der Waals surface area contributed by atoms with Gasteiger partial charge in [-0.05, 0) is 44.1 Å². The maximum absolute atomic E-state index is 9.35. The Morgan fingerprint density at radius 1 is 1.19 bits per heavy atom. The summed E-state index contributed by atoms with van der Waals surface area (Å²) in [4.78, 5) is 0. The second-order valence-corrected chi connectivity index (χ2v) is 5.57. The standard InChI is InChI=1S/C14H29NO/c1-4-11(2)12(3)15-9-13-7-5-6-8-14(13)10-16/h11-16H,4-10H2,1-3H3. The van der Waals surface area contributed by atoms with Gasteiger partial charge in [-0.3, -0.25) is 0 Å². The van der Waals surface area contributed by atoms with Crippen LogP contribution in [0.3, 0.4) is 0 Å². The van der Waals surface area contributed by atoms with E-state index in [-0.39, 0.29) is 0 Å². The molecule has 1 saturated carbocycles. The summed E-state index contributed by atoms with van der Waals surface area (Å²) in [5.41, 5.74) is 0. The van der Waals surface area contributed by atoms with Crippen molar-refractivity contribution in [3.63, 3.8) is 0 Å². The Kier molecular flexibility index (Phi) is 6.37. The molecule has 0 saturated heterocycles. The normalized spacial score (nSPS) is 30.0. The molecule has 2 N–H and O–H groups in total. The molecular weight excluding hydrogens is 198 g/mol. The SMILES string of the molecule is CCC(C)C(C)NCC1CCCCC1CO. The molecular formula is C14H29NO. The van der Waals surface area contributed by atoms with E-state index >= 15 is 0 Å². The molecule has 0 radical (unpaired) electrons. The Morgan fingerprint density at radius 2 is 1.81 bits per heavy atom. The van der Waals surface area contributed by atoms with Crippen molar-refractivity contribution in [3.8, 4) is 0 Å². The maximum Gasteiger partial charge on any atom is 0.0462 e. The molecule has 1 rings (SSSR count). The molecule has 16 heavy (non-hydrogen) atoms. The van der Waals surface area contributed by atoms with E-state index in [9.17, 15) is 5.11 Å². The Balaban J connectivity index is 2.29. The largest absolute Gasteiger partial charge is 0.396 e. The van der Waals surface area contributed by atoms with E-state index in [1.165, 1.54) is 32.1 Å². The number of aliphatic hydroxyl groups is 1. The Hall–Kier alpha value is -0.0800. The zero-order valence-corrected chi connectivity index (χ0v) is 11.2. The van der Waals surface area contributed by atoms with Gasteiger partial charge < -0.3 is 10.4 Å². The fraction of sp³-hybridized carbons (Fsp3) is 1.00. The van der Waals surface area contributed by atoms with Crippen LogP contribution in [0.1, 0.15) is 52.9 Å². The van der Waals surface area contributed by atoms with Gasteiger partial charge in [-0.1, -0.05) is 33.1 Å². The van der Waals surface area contributed by atoms with Crippen molar-refractivity contribution in [2.75, 3.05) is 13.2 Å². The molecule has 0 heterocycles. The lowest BCUT2D eigenvalue weighted by molar-refractivity contribution is 0.129. The first-order valence-electron chi connectivity index (χ1n) is 7.03. The first kappa shape index (κ1) is 14.0. The third-order valence-electron chi connectivity index (χ3n) is 4.50. The van der Waals surface area contributed by atoms with Gasteiger partial charge in [-0.15, -0.1) is 0 Å². The molecule has 0 aromatic rings. The molecule has 1 aliphatic carbocycles. The highest BCUT2D eigenvalue weighted by Crippen LogP contribution is 2.29. The van der Waals surface area contributed by atoms with Crippen LogP contribution in [0.15, 0.2) is 0 Å². The monoisotopic (exact) mass is 227 g/mol. The maximum atomic E-state index is 9.35. The molecule has 4 atom stereocenters. The smallest absolute Gasteiger partial charge is 0.0462 e. The van der Waals surface area contributed by atoms with Crippen molar-refractivity contribution in [2.24, 2.45) is 17.8 Å². The topological polar surface area (TPSA) is 32.3 Å². The lowest BCUT2D eigenvalue weighted by atomic mass is 9.79. The van der Waals surface area contributed by atoms with E-state index in [4.69, 9.17) is 0 Å². The molecule has 0 bridgehead atoms. The summed E-state index contributed by atoms with van der Waals surface area (Å²) < 4.78 is 0. The van der Waals surface area contributed by atoms with E-state index in [0.717, 1.165) is 12.5 Å². The van der Waals surface area contributed by atoms with Gasteiger partial charge in [0, 0.05) is 12.6 Å². The summed E-state index contributed by atoms with van der Waals surface area (Å²) in [6.07, 6.45) is 6.41. The molecule has 0 amide bonds. The number of rotatable bonds is 6. The number of hydrogen-bond acceptors (Lipinski definition) is 2. The average molecular weight is 227 g/mol. The Morgan fingerprint density at radius 3 is 2.38 bits per heavy atom. The molecule has 0 aromatic carbocycles. The molecule has 1 fully saturated rings. The molecule has 2 nitrogen and oxygen atoms in total.